The van der Waals surface area contributed by atoms with E-state index in [2.05, 4.69) is 11.2 Å². The van der Waals surface area contributed by atoms with Gasteiger partial charge < -0.3 is 10.1 Å². The summed E-state index contributed by atoms with van der Waals surface area (Å²) in [6.07, 6.45) is 7.06. The fourth-order valence-electron chi connectivity index (χ4n) is 1.68. The Bertz CT molecular complexity index is 446. The van der Waals surface area contributed by atoms with Crippen molar-refractivity contribution < 1.29 is 9.53 Å². The summed E-state index contributed by atoms with van der Waals surface area (Å²) in [5.74, 6) is 3.41. The number of anilines is 1. The smallest absolute Gasteiger partial charge is 0.224 e. The van der Waals surface area contributed by atoms with E-state index in [4.69, 9.17) is 11.2 Å². The molecule has 1 aliphatic heterocycles. The van der Waals surface area contributed by atoms with Crippen molar-refractivity contribution >= 4 is 11.6 Å². The van der Waals surface area contributed by atoms with Gasteiger partial charge in [0, 0.05) is 18.5 Å². The minimum atomic E-state index is 0.0773. The van der Waals surface area contributed by atoms with Crippen LogP contribution in [0.5, 0.6) is 5.75 Å². The Morgan fingerprint density at radius 3 is 3.12 bits per heavy atom. The standard InChI is InChI=1S/C13H13NO2/c1-2-3-8-16-11-5-6-12-10(9-11)4-7-13(15)14-12/h1,5-6,9H,3-4,7-8H2,(H,14,15). The number of terminal acetylenes is 1. The lowest BCUT2D eigenvalue weighted by molar-refractivity contribution is -0.116. The molecule has 0 atom stereocenters. The van der Waals surface area contributed by atoms with Crippen molar-refractivity contribution in [2.75, 3.05) is 11.9 Å². The molecule has 1 aromatic rings. The van der Waals surface area contributed by atoms with Gasteiger partial charge in [-0.1, -0.05) is 0 Å². The summed E-state index contributed by atoms with van der Waals surface area (Å²) in [5.41, 5.74) is 2.01. The van der Waals surface area contributed by atoms with E-state index >= 15 is 0 Å². The summed E-state index contributed by atoms with van der Waals surface area (Å²) in [7, 11) is 0. The topological polar surface area (TPSA) is 38.3 Å². The highest BCUT2D eigenvalue weighted by molar-refractivity contribution is 5.93. The Balaban J connectivity index is 2.08. The number of carbonyl (C=O) groups excluding carboxylic acids is 1. The molecule has 3 heteroatoms. The van der Waals surface area contributed by atoms with Crippen molar-refractivity contribution in [1.29, 1.82) is 0 Å². The van der Waals surface area contributed by atoms with Crippen molar-refractivity contribution in [3.05, 3.63) is 23.8 Å². The summed E-state index contributed by atoms with van der Waals surface area (Å²) in [5, 5.41) is 2.83. The molecule has 16 heavy (non-hydrogen) atoms. The lowest BCUT2D eigenvalue weighted by Gasteiger charge is -2.17. The normalized spacial score (nSPS) is 13.6. The molecule has 0 aliphatic carbocycles. The summed E-state index contributed by atoms with van der Waals surface area (Å²) >= 11 is 0. The Morgan fingerprint density at radius 2 is 2.31 bits per heavy atom. The zero-order chi connectivity index (χ0) is 11.4. The van der Waals surface area contributed by atoms with E-state index < -0.39 is 0 Å². The van der Waals surface area contributed by atoms with Crippen LogP contribution in [-0.4, -0.2) is 12.5 Å². The molecule has 1 heterocycles. The van der Waals surface area contributed by atoms with Gasteiger partial charge in [0.2, 0.25) is 5.91 Å². The number of hydrogen-bond donors (Lipinski definition) is 1. The number of ether oxygens (including phenoxy) is 1. The average Bonchev–Trinajstić information content (AvgIpc) is 2.29. The predicted octanol–water partition coefficient (Wildman–Crippen LogP) is 1.97. The van der Waals surface area contributed by atoms with E-state index in [0.717, 1.165) is 23.4 Å². The SMILES string of the molecule is C#CCCOc1ccc2c(c1)CCC(=O)N2. The molecular weight excluding hydrogens is 202 g/mol. The van der Waals surface area contributed by atoms with Gasteiger partial charge in [0.1, 0.15) is 5.75 Å². The van der Waals surface area contributed by atoms with Crippen molar-refractivity contribution in [2.24, 2.45) is 0 Å². The highest BCUT2D eigenvalue weighted by Gasteiger charge is 2.14. The van der Waals surface area contributed by atoms with Crippen LogP contribution in [0.3, 0.4) is 0 Å². The second-order valence-electron chi connectivity index (χ2n) is 3.67. The van der Waals surface area contributed by atoms with Crippen LogP contribution in [0.15, 0.2) is 18.2 Å². The van der Waals surface area contributed by atoms with Gasteiger partial charge >= 0.3 is 0 Å². The molecule has 0 bridgehead atoms. The largest absolute Gasteiger partial charge is 0.493 e. The molecule has 1 amide bonds. The number of fused-ring (bicyclic) bond motifs is 1. The maximum Gasteiger partial charge on any atom is 0.224 e. The molecule has 3 nitrogen and oxygen atoms in total. The zero-order valence-electron chi connectivity index (χ0n) is 8.95. The van der Waals surface area contributed by atoms with Crippen LogP contribution in [0.1, 0.15) is 18.4 Å². The van der Waals surface area contributed by atoms with Crippen molar-refractivity contribution in [2.45, 2.75) is 19.3 Å². The zero-order valence-corrected chi connectivity index (χ0v) is 8.95. The molecule has 1 aliphatic rings. The maximum absolute atomic E-state index is 11.2. The number of nitrogens with one attached hydrogen (secondary N) is 1. The molecule has 0 spiro atoms. The predicted molar refractivity (Wildman–Crippen MR) is 62.3 cm³/mol. The Hall–Kier alpha value is -1.95. The Kier molecular flexibility index (Phi) is 3.11. The Morgan fingerprint density at radius 1 is 1.44 bits per heavy atom. The molecule has 2 rings (SSSR count). The summed E-state index contributed by atoms with van der Waals surface area (Å²) in [6.45, 7) is 0.529. The second kappa shape index (κ2) is 4.71. The van der Waals surface area contributed by atoms with Crippen LogP contribution < -0.4 is 10.1 Å². The fraction of sp³-hybridized carbons (Fsp3) is 0.308. The van der Waals surface area contributed by atoms with E-state index in [0.29, 0.717) is 19.4 Å². The van der Waals surface area contributed by atoms with Gasteiger partial charge in [-0.2, -0.15) is 0 Å². The van der Waals surface area contributed by atoms with Crippen molar-refractivity contribution in [1.82, 2.24) is 0 Å². The minimum Gasteiger partial charge on any atom is -0.493 e. The number of carbonyl (C=O) groups is 1. The van der Waals surface area contributed by atoms with Gasteiger partial charge in [-0.3, -0.25) is 4.79 Å². The van der Waals surface area contributed by atoms with E-state index in [1.54, 1.807) is 0 Å². The van der Waals surface area contributed by atoms with E-state index in [9.17, 15) is 4.79 Å². The van der Waals surface area contributed by atoms with Gasteiger partial charge in [-0.15, -0.1) is 12.3 Å². The number of aryl methyl sites for hydroxylation is 1. The summed E-state index contributed by atoms with van der Waals surface area (Å²) in [6, 6.07) is 5.68. The maximum atomic E-state index is 11.2. The molecule has 0 saturated heterocycles. The fourth-order valence-corrected chi connectivity index (χ4v) is 1.68. The van der Waals surface area contributed by atoms with Crippen LogP contribution in [0.25, 0.3) is 0 Å². The lowest BCUT2D eigenvalue weighted by atomic mass is 10.0. The number of amides is 1. The third-order valence-corrected chi connectivity index (χ3v) is 2.49. The molecule has 1 aromatic carbocycles. The number of hydrogen-bond acceptors (Lipinski definition) is 2. The van der Waals surface area contributed by atoms with Crippen molar-refractivity contribution in [3.8, 4) is 18.1 Å². The third-order valence-electron chi connectivity index (χ3n) is 2.49. The van der Waals surface area contributed by atoms with Gasteiger partial charge in [-0.25, -0.2) is 0 Å². The molecule has 0 radical (unpaired) electrons. The van der Waals surface area contributed by atoms with Crippen LogP contribution in [0.4, 0.5) is 5.69 Å². The average molecular weight is 215 g/mol. The first kappa shape index (κ1) is 10.6. The second-order valence-corrected chi connectivity index (χ2v) is 3.67. The molecular formula is C13H13NO2. The summed E-state index contributed by atoms with van der Waals surface area (Å²) in [4.78, 5) is 11.2. The minimum absolute atomic E-state index is 0.0773. The van der Waals surface area contributed by atoms with Gasteiger partial charge in [0.15, 0.2) is 0 Å². The van der Waals surface area contributed by atoms with Gasteiger partial charge in [-0.05, 0) is 30.2 Å². The van der Waals surface area contributed by atoms with Crippen LogP contribution in [0, 0.1) is 12.3 Å². The van der Waals surface area contributed by atoms with Crippen LogP contribution in [0.2, 0.25) is 0 Å². The third kappa shape index (κ3) is 2.34. The molecule has 0 saturated carbocycles. The highest BCUT2D eigenvalue weighted by Crippen LogP contribution is 2.26. The van der Waals surface area contributed by atoms with Crippen LogP contribution in [-0.2, 0) is 11.2 Å². The first-order valence-electron chi connectivity index (χ1n) is 5.28. The number of benzene rings is 1. The number of rotatable bonds is 3. The van der Waals surface area contributed by atoms with E-state index in [1.807, 2.05) is 18.2 Å². The monoisotopic (exact) mass is 215 g/mol. The quantitative estimate of drug-likeness (QED) is 0.618. The van der Waals surface area contributed by atoms with Crippen LogP contribution >= 0.6 is 0 Å². The van der Waals surface area contributed by atoms with Gasteiger partial charge in [0.05, 0.1) is 6.61 Å². The van der Waals surface area contributed by atoms with E-state index in [-0.39, 0.29) is 5.91 Å². The molecule has 82 valence electrons. The summed E-state index contributed by atoms with van der Waals surface area (Å²) < 4.78 is 5.48. The highest BCUT2D eigenvalue weighted by atomic mass is 16.5. The molecule has 0 aromatic heterocycles. The molecule has 0 unspecified atom stereocenters. The lowest BCUT2D eigenvalue weighted by Crippen LogP contribution is -2.18. The van der Waals surface area contributed by atoms with E-state index in [1.165, 1.54) is 0 Å². The Labute approximate surface area is 94.8 Å². The van der Waals surface area contributed by atoms with Gasteiger partial charge in [0.25, 0.3) is 0 Å². The molecule has 0 fully saturated rings. The first-order valence-corrected chi connectivity index (χ1v) is 5.28. The first-order chi connectivity index (χ1) is 7.79. The molecule has 1 N–H and O–H groups in total. The van der Waals surface area contributed by atoms with Crippen molar-refractivity contribution in [3.63, 3.8) is 0 Å².